The van der Waals surface area contributed by atoms with E-state index in [1.807, 2.05) is 0 Å². The van der Waals surface area contributed by atoms with Gasteiger partial charge in [-0.05, 0) is 51.9 Å². The molecule has 106 valence electrons. The molecule has 1 heterocycles. The monoisotopic (exact) mass is 262 g/mol. The fourth-order valence-electron chi connectivity index (χ4n) is 3.66. The summed E-state index contributed by atoms with van der Waals surface area (Å²) in [6.45, 7) is 7.41. The average Bonchev–Trinajstić information content (AvgIpc) is 2.93. The molecule has 0 radical (unpaired) electrons. The van der Waals surface area contributed by atoms with Crippen LogP contribution in [0.25, 0.3) is 0 Å². The second-order valence-electron chi connectivity index (χ2n) is 7.52. The largest absolute Gasteiger partial charge is 0.361 e. The fraction of sp³-hybridized carbons (Fsp3) is 0.812. The maximum absolute atomic E-state index is 5.57. The van der Waals surface area contributed by atoms with Crippen LogP contribution in [0.5, 0.6) is 0 Å². The van der Waals surface area contributed by atoms with Gasteiger partial charge < -0.3 is 9.84 Å². The Kier molecular flexibility index (Phi) is 3.20. The minimum absolute atomic E-state index is 0.131. The van der Waals surface area contributed by atoms with Crippen LogP contribution in [-0.2, 0) is 19.4 Å². The summed E-state index contributed by atoms with van der Waals surface area (Å²) in [6, 6.07) is 0. The number of nitrogens with zero attached hydrogens (tertiary/aromatic N) is 1. The first-order valence-electron chi connectivity index (χ1n) is 7.69. The summed E-state index contributed by atoms with van der Waals surface area (Å²) >= 11 is 0. The SMILES string of the molecule is CC(C)(C)NCc1noc2c1CC1(CCCC1)CC2. The Morgan fingerprint density at radius 3 is 2.63 bits per heavy atom. The highest BCUT2D eigenvalue weighted by molar-refractivity contribution is 5.28. The van der Waals surface area contributed by atoms with E-state index in [4.69, 9.17) is 4.52 Å². The maximum Gasteiger partial charge on any atom is 0.140 e. The highest BCUT2D eigenvalue weighted by atomic mass is 16.5. The van der Waals surface area contributed by atoms with Gasteiger partial charge in [0.1, 0.15) is 11.5 Å². The quantitative estimate of drug-likeness (QED) is 0.884. The smallest absolute Gasteiger partial charge is 0.140 e. The van der Waals surface area contributed by atoms with E-state index in [0.29, 0.717) is 5.41 Å². The third-order valence-electron chi connectivity index (χ3n) is 4.84. The number of aromatic nitrogens is 1. The molecule has 1 saturated carbocycles. The molecule has 1 aromatic rings. The predicted molar refractivity (Wildman–Crippen MR) is 76.0 cm³/mol. The Hall–Kier alpha value is -0.830. The topological polar surface area (TPSA) is 38.1 Å². The summed E-state index contributed by atoms with van der Waals surface area (Å²) in [5.74, 6) is 1.16. The van der Waals surface area contributed by atoms with E-state index >= 15 is 0 Å². The van der Waals surface area contributed by atoms with Crippen LogP contribution in [0.2, 0.25) is 0 Å². The Morgan fingerprint density at radius 1 is 1.21 bits per heavy atom. The van der Waals surface area contributed by atoms with E-state index in [0.717, 1.165) is 24.4 Å². The standard InChI is InChI=1S/C16H26N2O/c1-15(2,3)17-11-13-12-10-16(7-4-5-8-16)9-6-14(12)19-18-13/h17H,4-11H2,1-3H3. The van der Waals surface area contributed by atoms with Gasteiger partial charge in [-0.25, -0.2) is 0 Å². The molecule has 19 heavy (non-hydrogen) atoms. The van der Waals surface area contributed by atoms with E-state index < -0.39 is 0 Å². The third-order valence-corrected chi connectivity index (χ3v) is 4.84. The predicted octanol–water partition coefficient (Wildman–Crippen LogP) is 3.61. The van der Waals surface area contributed by atoms with Crippen molar-refractivity contribution in [1.82, 2.24) is 10.5 Å². The van der Waals surface area contributed by atoms with Crippen LogP contribution in [0, 0.1) is 5.41 Å². The van der Waals surface area contributed by atoms with Crippen molar-refractivity contribution in [3.05, 3.63) is 17.0 Å². The summed E-state index contributed by atoms with van der Waals surface area (Å²) in [5, 5.41) is 7.85. The number of hydrogen-bond acceptors (Lipinski definition) is 3. The number of fused-ring (bicyclic) bond motifs is 1. The molecule has 0 saturated heterocycles. The van der Waals surface area contributed by atoms with Crippen molar-refractivity contribution in [2.75, 3.05) is 0 Å². The molecule has 1 N–H and O–H groups in total. The first kappa shape index (κ1) is 13.2. The first-order chi connectivity index (χ1) is 8.98. The lowest BCUT2D eigenvalue weighted by atomic mass is 9.72. The lowest BCUT2D eigenvalue weighted by molar-refractivity contribution is 0.236. The van der Waals surface area contributed by atoms with Crippen LogP contribution in [0.3, 0.4) is 0 Å². The highest BCUT2D eigenvalue weighted by Crippen LogP contribution is 2.48. The van der Waals surface area contributed by atoms with Crippen LogP contribution in [0.15, 0.2) is 4.52 Å². The average molecular weight is 262 g/mol. The summed E-state index contributed by atoms with van der Waals surface area (Å²) < 4.78 is 5.57. The van der Waals surface area contributed by atoms with Crippen molar-refractivity contribution < 1.29 is 4.52 Å². The summed E-state index contributed by atoms with van der Waals surface area (Å²) in [5.41, 5.74) is 3.28. The zero-order valence-corrected chi connectivity index (χ0v) is 12.5. The lowest BCUT2D eigenvalue weighted by Gasteiger charge is -2.32. The van der Waals surface area contributed by atoms with E-state index in [2.05, 4.69) is 31.2 Å². The molecule has 0 amide bonds. The number of nitrogens with one attached hydrogen (secondary N) is 1. The highest BCUT2D eigenvalue weighted by Gasteiger charge is 2.39. The molecule has 0 unspecified atom stereocenters. The van der Waals surface area contributed by atoms with E-state index in [1.54, 1.807) is 0 Å². The molecule has 1 spiro atoms. The zero-order valence-electron chi connectivity index (χ0n) is 12.5. The van der Waals surface area contributed by atoms with Crippen LogP contribution in [0.4, 0.5) is 0 Å². The van der Waals surface area contributed by atoms with Gasteiger partial charge in [-0.2, -0.15) is 0 Å². The maximum atomic E-state index is 5.57. The fourth-order valence-corrected chi connectivity index (χ4v) is 3.66. The minimum atomic E-state index is 0.131. The minimum Gasteiger partial charge on any atom is -0.361 e. The van der Waals surface area contributed by atoms with Crippen LogP contribution < -0.4 is 5.32 Å². The summed E-state index contributed by atoms with van der Waals surface area (Å²) in [6.07, 6.45) is 9.24. The van der Waals surface area contributed by atoms with Crippen molar-refractivity contribution in [2.45, 2.75) is 77.8 Å². The number of rotatable bonds is 2. The Bertz CT molecular complexity index is 450. The molecule has 2 aliphatic rings. The number of hydrogen-bond donors (Lipinski definition) is 1. The van der Waals surface area contributed by atoms with Crippen LogP contribution in [0.1, 0.15) is 69.9 Å². The molecule has 3 nitrogen and oxygen atoms in total. The second kappa shape index (κ2) is 4.62. The molecular weight excluding hydrogens is 236 g/mol. The van der Waals surface area contributed by atoms with E-state index in [-0.39, 0.29) is 5.54 Å². The molecule has 0 aliphatic heterocycles. The molecule has 0 aromatic carbocycles. The van der Waals surface area contributed by atoms with Gasteiger partial charge in [-0.15, -0.1) is 0 Å². The molecule has 2 aliphatic carbocycles. The molecule has 1 fully saturated rings. The molecule has 1 aromatic heterocycles. The molecular formula is C16H26N2O. The Labute approximate surface area is 116 Å². The second-order valence-corrected chi connectivity index (χ2v) is 7.52. The van der Waals surface area contributed by atoms with Gasteiger partial charge in [-0.3, -0.25) is 0 Å². The van der Waals surface area contributed by atoms with Gasteiger partial charge >= 0.3 is 0 Å². The lowest BCUT2D eigenvalue weighted by Crippen LogP contribution is -2.35. The van der Waals surface area contributed by atoms with Crippen molar-refractivity contribution in [2.24, 2.45) is 5.41 Å². The Balaban J connectivity index is 1.76. The van der Waals surface area contributed by atoms with Gasteiger partial charge in [0.15, 0.2) is 0 Å². The van der Waals surface area contributed by atoms with Gasteiger partial charge in [0.05, 0.1) is 0 Å². The van der Waals surface area contributed by atoms with Gasteiger partial charge in [-0.1, -0.05) is 18.0 Å². The third kappa shape index (κ3) is 2.71. The van der Waals surface area contributed by atoms with Crippen molar-refractivity contribution in [3.8, 4) is 0 Å². The summed E-state index contributed by atoms with van der Waals surface area (Å²) in [4.78, 5) is 0. The van der Waals surface area contributed by atoms with Gasteiger partial charge in [0.2, 0.25) is 0 Å². The normalized spacial score (nSPS) is 21.8. The Morgan fingerprint density at radius 2 is 1.95 bits per heavy atom. The van der Waals surface area contributed by atoms with Crippen molar-refractivity contribution in [1.29, 1.82) is 0 Å². The summed E-state index contributed by atoms with van der Waals surface area (Å²) in [7, 11) is 0. The molecule has 0 bridgehead atoms. The van der Waals surface area contributed by atoms with Gasteiger partial charge in [0.25, 0.3) is 0 Å². The molecule has 3 rings (SSSR count). The van der Waals surface area contributed by atoms with Crippen molar-refractivity contribution in [3.63, 3.8) is 0 Å². The number of aryl methyl sites for hydroxylation is 1. The van der Waals surface area contributed by atoms with E-state index in [9.17, 15) is 0 Å². The van der Waals surface area contributed by atoms with Crippen molar-refractivity contribution >= 4 is 0 Å². The first-order valence-corrected chi connectivity index (χ1v) is 7.69. The van der Waals surface area contributed by atoms with Crippen LogP contribution >= 0.6 is 0 Å². The molecule has 3 heteroatoms. The van der Waals surface area contributed by atoms with E-state index in [1.165, 1.54) is 44.1 Å². The van der Waals surface area contributed by atoms with Crippen LogP contribution in [-0.4, -0.2) is 10.7 Å². The van der Waals surface area contributed by atoms with Gasteiger partial charge in [0, 0.05) is 24.1 Å². The zero-order chi connectivity index (χ0) is 13.5. The molecule has 0 atom stereocenters.